The van der Waals surface area contributed by atoms with Crippen LogP contribution in [0.5, 0.6) is 5.88 Å². The van der Waals surface area contributed by atoms with Crippen molar-refractivity contribution in [1.82, 2.24) is 24.9 Å². The molecule has 3 heterocycles. The van der Waals surface area contributed by atoms with E-state index in [4.69, 9.17) is 20.8 Å². The number of carbonyl (C=O) groups excluding carboxylic acids is 3. The highest BCUT2D eigenvalue weighted by molar-refractivity contribution is 7.91. The molecule has 3 fully saturated rings. The number of nitrogens with one attached hydrogen (secondary N) is 3. The first-order valence-corrected chi connectivity index (χ1v) is 23.0. The van der Waals surface area contributed by atoms with Crippen LogP contribution in [0.15, 0.2) is 103 Å². The Balaban J connectivity index is 1.14. The van der Waals surface area contributed by atoms with Gasteiger partial charge in [-0.25, -0.2) is 13.4 Å². The van der Waals surface area contributed by atoms with Crippen molar-refractivity contribution >= 4 is 67.1 Å². The Bertz CT molecular complexity index is 2730. The normalized spacial score (nSPS) is 21.3. The maximum absolute atomic E-state index is 14.9. The number of carbonyl (C=O) groups is 3. The molecule has 0 bridgehead atoms. The number of unbranched alkanes of at least 4 members (excludes halogenated alkanes) is 3. The Morgan fingerprint density at radius 2 is 1.78 bits per heavy atom. The molecule has 5 aromatic rings. The molecule has 5 atom stereocenters. The Kier molecular flexibility index (Phi) is 12.5. The van der Waals surface area contributed by atoms with Gasteiger partial charge >= 0.3 is 6.18 Å². The monoisotopic (exact) mass is 918 g/mol. The van der Waals surface area contributed by atoms with E-state index >= 15 is 0 Å². The van der Waals surface area contributed by atoms with Gasteiger partial charge in [-0.1, -0.05) is 66.9 Å². The summed E-state index contributed by atoms with van der Waals surface area (Å²) in [5.41, 5.74) is -0.717. The lowest BCUT2D eigenvalue weighted by atomic mass is 10.0. The fraction of sp³-hybridized carbons (Fsp3) is 0.370. The van der Waals surface area contributed by atoms with E-state index in [1.807, 2.05) is 6.08 Å². The first-order valence-electron chi connectivity index (χ1n) is 21.1. The number of sulfonamides is 1. The van der Waals surface area contributed by atoms with Gasteiger partial charge < -0.3 is 24.7 Å². The molecule has 2 aromatic heterocycles. The van der Waals surface area contributed by atoms with Crippen molar-refractivity contribution in [2.75, 3.05) is 11.9 Å². The summed E-state index contributed by atoms with van der Waals surface area (Å²) in [7, 11) is -3.97. The number of hydrogen-bond donors (Lipinski definition) is 3. The molecule has 2 saturated carbocycles. The van der Waals surface area contributed by atoms with Crippen LogP contribution in [0.3, 0.4) is 0 Å². The first kappa shape index (κ1) is 44.7. The first-order chi connectivity index (χ1) is 30.6. The lowest BCUT2D eigenvalue weighted by molar-refractivity contribution is -0.140. The summed E-state index contributed by atoms with van der Waals surface area (Å²) in [6, 6.07) is 16.2. The lowest BCUT2D eigenvalue weighted by Gasteiger charge is -2.30. The van der Waals surface area contributed by atoms with Crippen LogP contribution in [-0.2, 0) is 30.6 Å². The van der Waals surface area contributed by atoms with Gasteiger partial charge in [-0.2, -0.15) is 18.2 Å². The number of nitrogens with zero attached hydrogens (tertiary/aromatic N) is 3. The SMILES string of the molecule is C=CCCCCC[C@H](Nc1cccc(Cl)c1)C(=O)N1C[C@H](Oc2nc(-c3ccc(C(F)(F)F)cc3)nc3c2oc2ccccc23)C[C@H]1C(=O)N[C@]1(C(=O)NS(=O)(=O)C2CC2)C[C@H]1C=C. The zero-order chi connectivity index (χ0) is 45.4. The number of benzene rings is 3. The molecule has 1 saturated heterocycles. The number of furan rings is 1. The average Bonchev–Trinajstić information content (AvgIpc) is 4.17. The third-order valence-electron chi connectivity index (χ3n) is 11.9. The van der Waals surface area contributed by atoms with E-state index < -0.39 is 74.4 Å². The zero-order valence-corrected chi connectivity index (χ0v) is 36.1. The Morgan fingerprint density at radius 3 is 2.47 bits per heavy atom. The second-order valence-corrected chi connectivity index (χ2v) is 18.9. The Morgan fingerprint density at radius 1 is 1.02 bits per heavy atom. The van der Waals surface area contributed by atoms with Gasteiger partial charge in [0, 0.05) is 34.0 Å². The maximum atomic E-state index is 14.9. The third kappa shape index (κ3) is 9.46. The smallest absolute Gasteiger partial charge is 0.416 e. The van der Waals surface area contributed by atoms with Gasteiger partial charge in [0.2, 0.25) is 27.4 Å². The summed E-state index contributed by atoms with van der Waals surface area (Å²) in [5, 5.41) is 6.47. The van der Waals surface area contributed by atoms with E-state index in [-0.39, 0.29) is 42.2 Å². The molecule has 8 rings (SSSR count). The number of anilines is 1. The highest BCUT2D eigenvalue weighted by Crippen LogP contribution is 2.46. The molecular formula is C46H46ClF3N6O7S. The lowest BCUT2D eigenvalue weighted by Crippen LogP contribution is -2.57. The van der Waals surface area contributed by atoms with Crippen molar-refractivity contribution in [3.63, 3.8) is 0 Å². The van der Waals surface area contributed by atoms with Crippen molar-refractivity contribution in [3.05, 3.63) is 109 Å². The molecule has 336 valence electrons. The van der Waals surface area contributed by atoms with E-state index in [0.717, 1.165) is 31.4 Å². The molecule has 18 heteroatoms. The zero-order valence-electron chi connectivity index (χ0n) is 34.6. The topological polar surface area (TPSA) is 173 Å². The predicted octanol–water partition coefficient (Wildman–Crippen LogP) is 8.35. The van der Waals surface area contributed by atoms with E-state index in [1.165, 1.54) is 23.1 Å². The average molecular weight is 919 g/mol. The molecule has 0 spiro atoms. The summed E-state index contributed by atoms with van der Waals surface area (Å²) in [6.07, 6.45) is 2.16. The van der Waals surface area contributed by atoms with Gasteiger partial charge in [0.05, 0.1) is 17.4 Å². The number of alkyl halides is 3. The van der Waals surface area contributed by atoms with Crippen molar-refractivity contribution in [2.24, 2.45) is 5.92 Å². The fourth-order valence-corrected chi connectivity index (χ4v) is 9.74. The molecule has 2 aliphatic carbocycles. The number of para-hydroxylation sites is 1. The standard InChI is InChI=1S/C46H46ClF3N6O7S/c1-3-5-6-7-8-15-35(51-31-13-11-12-30(47)23-31)43(58)56-26-32(24-36(56)41(57)54-45(25-28(45)4-2)44(59)55-64(60,61)33-21-22-33)62-42-39-38(34-14-9-10-16-37(34)63-39)52-40(53-42)27-17-19-29(20-18-27)46(48,49)50/h3-4,9-14,16-20,23,28,32-33,35-36,51H,1-2,5-8,15,21-22,24-26H2,(H,54,57)(H,55,59)/t28-,32-,35+,36+,45-/m1/s1. The Labute approximate surface area is 372 Å². The van der Waals surface area contributed by atoms with E-state index in [0.29, 0.717) is 52.9 Å². The highest BCUT2D eigenvalue weighted by atomic mass is 35.5. The molecular weight excluding hydrogens is 873 g/mol. The quantitative estimate of drug-likeness (QED) is 0.0573. The summed E-state index contributed by atoms with van der Waals surface area (Å²) in [5.74, 6) is -2.64. The van der Waals surface area contributed by atoms with Crippen molar-refractivity contribution < 1.29 is 45.1 Å². The van der Waals surface area contributed by atoms with Gasteiger partial charge in [0.1, 0.15) is 34.8 Å². The minimum atomic E-state index is -4.56. The summed E-state index contributed by atoms with van der Waals surface area (Å²) in [4.78, 5) is 53.9. The number of likely N-dealkylation sites (tertiary alicyclic amines) is 1. The van der Waals surface area contributed by atoms with Gasteiger partial charge in [-0.15, -0.1) is 13.2 Å². The second kappa shape index (κ2) is 17.9. The van der Waals surface area contributed by atoms with Crippen LogP contribution in [0.2, 0.25) is 5.02 Å². The number of aromatic nitrogens is 2. The molecule has 3 aromatic carbocycles. The molecule has 1 aliphatic heterocycles. The van der Waals surface area contributed by atoms with E-state index in [9.17, 15) is 36.0 Å². The molecule has 64 heavy (non-hydrogen) atoms. The van der Waals surface area contributed by atoms with Gasteiger partial charge in [0.25, 0.3) is 11.8 Å². The van der Waals surface area contributed by atoms with Crippen LogP contribution >= 0.6 is 11.6 Å². The van der Waals surface area contributed by atoms with Crippen molar-refractivity contribution in [1.29, 1.82) is 0 Å². The largest absolute Gasteiger partial charge is 0.470 e. The highest BCUT2D eigenvalue weighted by Gasteiger charge is 2.62. The molecule has 13 nitrogen and oxygen atoms in total. The number of halogens is 4. The van der Waals surface area contributed by atoms with Gasteiger partial charge in [-0.3, -0.25) is 19.1 Å². The van der Waals surface area contributed by atoms with Crippen LogP contribution in [0, 0.1) is 5.92 Å². The fourth-order valence-electron chi connectivity index (χ4n) is 8.19. The minimum Gasteiger partial charge on any atom is -0.470 e. The van der Waals surface area contributed by atoms with Crippen LogP contribution in [0.25, 0.3) is 33.5 Å². The van der Waals surface area contributed by atoms with Crippen molar-refractivity contribution in [3.8, 4) is 17.3 Å². The van der Waals surface area contributed by atoms with Crippen LogP contribution in [-0.4, -0.2) is 76.5 Å². The summed E-state index contributed by atoms with van der Waals surface area (Å²) < 4.78 is 81.1. The van der Waals surface area contributed by atoms with Crippen LogP contribution in [0.1, 0.15) is 63.4 Å². The number of fused-ring (bicyclic) bond motifs is 3. The number of amides is 3. The number of rotatable bonds is 18. The minimum absolute atomic E-state index is 0.0449. The van der Waals surface area contributed by atoms with E-state index in [2.05, 4.69) is 38.5 Å². The van der Waals surface area contributed by atoms with Crippen LogP contribution in [0.4, 0.5) is 18.9 Å². The van der Waals surface area contributed by atoms with Gasteiger partial charge in [-0.05, 0) is 81.0 Å². The molecule has 3 N–H and O–H groups in total. The second-order valence-electron chi connectivity index (χ2n) is 16.5. The van der Waals surface area contributed by atoms with Crippen molar-refractivity contribution in [2.45, 2.75) is 92.9 Å². The number of ether oxygens (including phenoxy) is 1. The number of allylic oxidation sites excluding steroid dienone is 1. The van der Waals surface area contributed by atoms with Crippen LogP contribution < -0.4 is 20.1 Å². The van der Waals surface area contributed by atoms with E-state index in [1.54, 1.807) is 48.5 Å². The maximum Gasteiger partial charge on any atom is 0.416 e. The Hall–Kier alpha value is -5.94. The molecule has 0 unspecified atom stereocenters. The number of hydrogen-bond acceptors (Lipinski definition) is 10. The molecule has 3 aliphatic rings. The third-order valence-corrected chi connectivity index (χ3v) is 14.0. The molecule has 3 amide bonds. The summed E-state index contributed by atoms with van der Waals surface area (Å²) in [6.45, 7) is 7.45. The predicted molar refractivity (Wildman–Crippen MR) is 236 cm³/mol. The molecule has 0 radical (unpaired) electrons. The van der Waals surface area contributed by atoms with Gasteiger partial charge in [0.15, 0.2) is 5.82 Å². The summed E-state index contributed by atoms with van der Waals surface area (Å²) >= 11 is 6.32.